The van der Waals surface area contributed by atoms with Crippen LogP contribution in [0, 0.1) is 0 Å². The number of nitrogens with one attached hydrogen (secondary N) is 1. The molecule has 0 heterocycles. The average Bonchev–Trinajstić information content (AvgIpc) is 1.86. The summed E-state index contributed by atoms with van der Waals surface area (Å²) < 4.78 is 4.84. The Labute approximate surface area is 67.4 Å². The molecule has 64 valence electrons. The summed E-state index contributed by atoms with van der Waals surface area (Å²) in [7, 11) is 0. The van der Waals surface area contributed by atoms with Gasteiger partial charge in [-0.1, -0.05) is 0 Å². The molecular weight excluding hydrogens is 142 g/mol. The first-order valence-corrected chi connectivity index (χ1v) is 3.75. The smallest absolute Gasteiger partial charge is 0.247 e. The van der Waals surface area contributed by atoms with Crippen molar-refractivity contribution in [1.82, 2.24) is 5.32 Å². The van der Waals surface area contributed by atoms with Gasteiger partial charge in [0.15, 0.2) is 0 Å². The number of hydrogen-bond donors (Lipinski definition) is 1. The molecule has 0 aromatic rings. The van der Waals surface area contributed by atoms with Gasteiger partial charge in [0.2, 0.25) is 5.91 Å². The molecule has 0 fully saturated rings. The third kappa shape index (κ3) is 6.90. The number of ether oxygens (including phenoxy) is 1. The lowest BCUT2D eigenvalue weighted by atomic mass is 10.4. The topological polar surface area (TPSA) is 38.3 Å². The number of amides is 1. The van der Waals surface area contributed by atoms with Gasteiger partial charge in [-0.15, -0.1) is 0 Å². The first-order valence-electron chi connectivity index (χ1n) is 3.75. The standard InChI is InChI=1S/C8H15NO2/c1-4-11-6-5-8(10)9-7(2)3/h5-7H,4H2,1-3H3,(H,9,10)/b6-5+. The van der Waals surface area contributed by atoms with Crippen LogP contribution in [0.3, 0.4) is 0 Å². The lowest BCUT2D eigenvalue weighted by molar-refractivity contribution is -0.117. The predicted octanol–water partition coefficient (Wildman–Crippen LogP) is 1.06. The molecule has 0 saturated carbocycles. The molecule has 1 N–H and O–H groups in total. The Morgan fingerprint density at radius 2 is 2.27 bits per heavy atom. The van der Waals surface area contributed by atoms with Crippen molar-refractivity contribution in [2.24, 2.45) is 0 Å². The zero-order chi connectivity index (χ0) is 8.69. The zero-order valence-corrected chi connectivity index (χ0v) is 7.26. The van der Waals surface area contributed by atoms with Crippen LogP contribution in [0.2, 0.25) is 0 Å². The van der Waals surface area contributed by atoms with Crippen molar-refractivity contribution in [3.63, 3.8) is 0 Å². The second-order valence-corrected chi connectivity index (χ2v) is 2.42. The summed E-state index contributed by atoms with van der Waals surface area (Å²) in [5.41, 5.74) is 0. The third-order valence-corrected chi connectivity index (χ3v) is 0.913. The molecule has 0 saturated heterocycles. The third-order valence-electron chi connectivity index (χ3n) is 0.913. The molecule has 0 aliphatic rings. The fraction of sp³-hybridized carbons (Fsp3) is 0.625. The van der Waals surface area contributed by atoms with Gasteiger partial charge in [0.1, 0.15) is 0 Å². The maximum atomic E-state index is 10.9. The largest absolute Gasteiger partial charge is 0.501 e. The molecule has 0 spiro atoms. The fourth-order valence-corrected chi connectivity index (χ4v) is 0.539. The van der Waals surface area contributed by atoms with E-state index in [4.69, 9.17) is 4.74 Å². The van der Waals surface area contributed by atoms with E-state index in [1.807, 2.05) is 20.8 Å². The normalized spacial score (nSPS) is 10.5. The molecule has 3 heteroatoms. The Hall–Kier alpha value is -0.990. The number of hydrogen-bond acceptors (Lipinski definition) is 2. The van der Waals surface area contributed by atoms with Crippen molar-refractivity contribution in [3.8, 4) is 0 Å². The van der Waals surface area contributed by atoms with Crippen LogP contribution in [0.4, 0.5) is 0 Å². The van der Waals surface area contributed by atoms with Crippen molar-refractivity contribution < 1.29 is 9.53 Å². The van der Waals surface area contributed by atoms with Crippen molar-refractivity contribution in [3.05, 3.63) is 12.3 Å². The molecule has 0 aromatic carbocycles. The lowest BCUT2D eigenvalue weighted by Crippen LogP contribution is -2.28. The minimum Gasteiger partial charge on any atom is -0.501 e. The van der Waals surface area contributed by atoms with Crippen LogP contribution in [0.15, 0.2) is 12.3 Å². The molecule has 0 aliphatic heterocycles. The fourth-order valence-electron chi connectivity index (χ4n) is 0.539. The highest BCUT2D eigenvalue weighted by Crippen LogP contribution is 1.80. The summed E-state index contributed by atoms with van der Waals surface area (Å²) in [4.78, 5) is 10.9. The second-order valence-electron chi connectivity index (χ2n) is 2.42. The maximum Gasteiger partial charge on any atom is 0.247 e. The molecule has 0 atom stereocenters. The van der Waals surface area contributed by atoms with Crippen molar-refractivity contribution in [2.75, 3.05) is 6.61 Å². The quantitative estimate of drug-likeness (QED) is 0.489. The second kappa shape index (κ2) is 5.77. The summed E-state index contributed by atoms with van der Waals surface area (Å²) in [6.45, 7) is 6.27. The highest BCUT2D eigenvalue weighted by atomic mass is 16.5. The van der Waals surface area contributed by atoms with E-state index in [1.54, 1.807) is 0 Å². The monoisotopic (exact) mass is 157 g/mol. The van der Waals surface area contributed by atoms with Crippen molar-refractivity contribution >= 4 is 5.91 Å². The summed E-state index contributed by atoms with van der Waals surface area (Å²) in [6.07, 6.45) is 2.78. The summed E-state index contributed by atoms with van der Waals surface area (Å²) in [5, 5.41) is 2.70. The molecule has 11 heavy (non-hydrogen) atoms. The van der Waals surface area contributed by atoms with E-state index in [0.29, 0.717) is 6.61 Å². The highest BCUT2D eigenvalue weighted by Gasteiger charge is 1.96. The van der Waals surface area contributed by atoms with Crippen LogP contribution >= 0.6 is 0 Å². The van der Waals surface area contributed by atoms with Gasteiger partial charge >= 0.3 is 0 Å². The van der Waals surface area contributed by atoms with Crippen LogP contribution < -0.4 is 5.32 Å². The minimum atomic E-state index is -0.117. The first kappa shape index (κ1) is 10.0. The van der Waals surface area contributed by atoms with Gasteiger partial charge in [-0.2, -0.15) is 0 Å². The van der Waals surface area contributed by atoms with Crippen LogP contribution in [0.1, 0.15) is 20.8 Å². The van der Waals surface area contributed by atoms with E-state index in [0.717, 1.165) is 0 Å². The van der Waals surface area contributed by atoms with Gasteiger partial charge in [-0.25, -0.2) is 0 Å². The van der Waals surface area contributed by atoms with Gasteiger partial charge in [0.05, 0.1) is 12.9 Å². The molecule has 0 rings (SSSR count). The molecule has 3 nitrogen and oxygen atoms in total. The van der Waals surface area contributed by atoms with Crippen LogP contribution in [0.25, 0.3) is 0 Å². The Balaban J connectivity index is 3.51. The van der Waals surface area contributed by atoms with E-state index in [2.05, 4.69) is 5.32 Å². The van der Waals surface area contributed by atoms with Crippen molar-refractivity contribution in [1.29, 1.82) is 0 Å². The van der Waals surface area contributed by atoms with Gasteiger partial charge in [0, 0.05) is 12.1 Å². The lowest BCUT2D eigenvalue weighted by Gasteiger charge is -2.03. The first-order chi connectivity index (χ1) is 5.16. The Kier molecular flexibility index (Phi) is 5.25. The summed E-state index contributed by atoms with van der Waals surface area (Å²) in [5.74, 6) is -0.117. The molecule has 0 aromatic heterocycles. The minimum absolute atomic E-state index is 0.117. The molecular formula is C8H15NO2. The number of rotatable bonds is 4. The number of carbonyl (C=O) groups is 1. The van der Waals surface area contributed by atoms with Crippen LogP contribution in [-0.2, 0) is 9.53 Å². The highest BCUT2D eigenvalue weighted by molar-refractivity contribution is 5.87. The maximum absolute atomic E-state index is 10.9. The summed E-state index contributed by atoms with van der Waals surface area (Å²) in [6, 6.07) is 0.175. The Morgan fingerprint density at radius 1 is 1.64 bits per heavy atom. The van der Waals surface area contributed by atoms with E-state index in [-0.39, 0.29) is 11.9 Å². The van der Waals surface area contributed by atoms with Gasteiger partial charge in [0.25, 0.3) is 0 Å². The zero-order valence-electron chi connectivity index (χ0n) is 7.26. The predicted molar refractivity (Wildman–Crippen MR) is 44.0 cm³/mol. The summed E-state index contributed by atoms with van der Waals surface area (Å²) >= 11 is 0. The van der Waals surface area contributed by atoms with Crippen molar-refractivity contribution in [2.45, 2.75) is 26.8 Å². The molecule has 0 bridgehead atoms. The van der Waals surface area contributed by atoms with Crippen LogP contribution in [-0.4, -0.2) is 18.6 Å². The van der Waals surface area contributed by atoms with Gasteiger partial charge in [-0.3, -0.25) is 4.79 Å². The average molecular weight is 157 g/mol. The Bertz CT molecular complexity index is 141. The number of carbonyl (C=O) groups excluding carboxylic acids is 1. The van der Waals surface area contributed by atoms with Crippen LogP contribution in [0.5, 0.6) is 0 Å². The van der Waals surface area contributed by atoms with E-state index >= 15 is 0 Å². The van der Waals surface area contributed by atoms with E-state index in [9.17, 15) is 4.79 Å². The van der Waals surface area contributed by atoms with E-state index in [1.165, 1.54) is 12.3 Å². The molecule has 1 amide bonds. The SMILES string of the molecule is CCO/C=C/C(=O)NC(C)C. The van der Waals surface area contributed by atoms with Gasteiger partial charge < -0.3 is 10.1 Å². The Morgan fingerprint density at radius 3 is 2.73 bits per heavy atom. The van der Waals surface area contributed by atoms with E-state index < -0.39 is 0 Å². The molecule has 0 unspecified atom stereocenters. The molecule has 0 radical (unpaired) electrons. The van der Waals surface area contributed by atoms with Gasteiger partial charge in [-0.05, 0) is 20.8 Å². The molecule has 0 aliphatic carbocycles.